The maximum atomic E-state index is 12.8. The van der Waals surface area contributed by atoms with Crippen molar-refractivity contribution in [3.63, 3.8) is 0 Å². The number of carbonyl (C=O) groups is 2. The number of likely N-dealkylation sites (tertiary alicyclic amines) is 1. The van der Waals surface area contributed by atoms with Gasteiger partial charge in [0.2, 0.25) is 0 Å². The molecule has 0 N–H and O–H groups in total. The zero-order valence-corrected chi connectivity index (χ0v) is 15.0. The molecular formula is C15H20ClN3O4S. The van der Waals surface area contributed by atoms with Crippen LogP contribution in [0.5, 0.6) is 0 Å². The van der Waals surface area contributed by atoms with Gasteiger partial charge in [-0.25, -0.2) is 4.98 Å². The fourth-order valence-corrected chi connectivity index (χ4v) is 4.47. The Kier molecular flexibility index (Phi) is 4.98. The standard InChI is InChI=1S/C15H19N3O4S.ClH/c1-9-12(23-15(16-9)17-2-4-21-5-3-17)13(19)18-6-10-8-22-14(20)11(10)7-18;/h10-11H,2-8H2,1H3;1H/t10-,11-;/m1./s1. The van der Waals surface area contributed by atoms with E-state index in [0.717, 1.165) is 23.9 Å². The number of ether oxygens (including phenoxy) is 2. The van der Waals surface area contributed by atoms with Gasteiger partial charge in [0.25, 0.3) is 5.91 Å². The van der Waals surface area contributed by atoms with Gasteiger partial charge in [-0.05, 0) is 6.92 Å². The third-order valence-electron chi connectivity index (χ3n) is 4.73. The lowest BCUT2D eigenvalue weighted by Crippen LogP contribution is -2.36. The lowest BCUT2D eigenvalue weighted by atomic mass is 10.0. The zero-order chi connectivity index (χ0) is 16.0. The van der Waals surface area contributed by atoms with Gasteiger partial charge in [-0.15, -0.1) is 12.4 Å². The summed E-state index contributed by atoms with van der Waals surface area (Å²) >= 11 is 1.44. The quantitative estimate of drug-likeness (QED) is 0.719. The van der Waals surface area contributed by atoms with Crippen LogP contribution in [0.2, 0.25) is 0 Å². The van der Waals surface area contributed by atoms with Gasteiger partial charge in [0.1, 0.15) is 4.88 Å². The molecule has 9 heteroatoms. The first-order valence-electron chi connectivity index (χ1n) is 7.89. The van der Waals surface area contributed by atoms with Crippen LogP contribution in [-0.4, -0.2) is 67.8 Å². The topological polar surface area (TPSA) is 72.0 Å². The van der Waals surface area contributed by atoms with E-state index < -0.39 is 0 Å². The molecule has 3 saturated heterocycles. The first kappa shape index (κ1) is 17.4. The van der Waals surface area contributed by atoms with Gasteiger partial charge in [-0.3, -0.25) is 9.59 Å². The Morgan fingerprint density at radius 1 is 1.29 bits per heavy atom. The van der Waals surface area contributed by atoms with E-state index in [1.165, 1.54) is 11.3 Å². The molecule has 2 atom stereocenters. The summed E-state index contributed by atoms with van der Waals surface area (Å²) < 4.78 is 10.4. The number of fused-ring (bicyclic) bond motifs is 1. The molecule has 0 saturated carbocycles. The lowest BCUT2D eigenvalue weighted by Gasteiger charge is -2.26. The van der Waals surface area contributed by atoms with E-state index in [1.54, 1.807) is 4.90 Å². The van der Waals surface area contributed by atoms with E-state index in [-0.39, 0.29) is 36.1 Å². The highest BCUT2D eigenvalue weighted by Gasteiger charge is 2.46. The minimum absolute atomic E-state index is 0. The summed E-state index contributed by atoms with van der Waals surface area (Å²) in [5.41, 5.74) is 0.765. The van der Waals surface area contributed by atoms with E-state index in [2.05, 4.69) is 9.88 Å². The first-order chi connectivity index (χ1) is 11.1. The highest BCUT2D eigenvalue weighted by molar-refractivity contribution is 7.17. The van der Waals surface area contributed by atoms with Crippen LogP contribution in [0, 0.1) is 18.8 Å². The summed E-state index contributed by atoms with van der Waals surface area (Å²) in [6.07, 6.45) is 0. The van der Waals surface area contributed by atoms with Crippen LogP contribution in [0.1, 0.15) is 15.4 Å². The number of nitrogens with zero attached hydrogens (tertiary/aromatic N) is 3. The molecule has 0 unspecified atom stereocenters. The fourth-order valence-electron chi connectivity index (χ4n) is 3.38. The summed E-state index contributed by atoms with van der Waals surface area (Å²) in [6.45, 7) is 6.37. The Hall–Kier alpha value is -1.38. The summed E-state index contributed by atoms with van der Waals surface area (Å²) in [5.74, 6) is -0.175. The third kappa shape index (κ3) is 2.98. The van der Waals surface area contributed by atoms with Crippen LogP contribution in [0.15, 0.2) is 0 Å². The number of anilines is 1. The predicted molar refractivity (Wildman–Crippen MR) is 91.0 cm³/mol. The first-order valence-corrected chi connectivity index (χ1v) is 8.71. The number of halogens is 1. The van der Waals surface area contributed by atoms with Gasteiger partial charge < -0.3 is 19.3 Å². The zero-order valence-electron chi connectivity index (χ0n) is 13.4. The molecule has 1 aromatic rings. The third-order valence-corrected chi connectivity index (χ3v) is 5.94. The molecule has 1 aromatic heterocycles. The minimum Gasteiger partial charge on any atom is -0.465 e. The molecule has 0 spiro atoms. The molecule has 24 heavy (non-hydrogen) atoms. The van der Waals surface area contributed by atoms with Crippen molar-refractivity contribution in [1.82, 2.24) is 9.88 Å². The predicted octanol–water partition coefficient (Wildman–Crippen LogP) is 0.955. The molecule has 0 bridgehead atoms. The van der Waals surface area contributed by atoms with E-state index in [1.807, 2.05) is 6.92 Å². The normalized spacial score (nSPS) is 26.1. The van der Waals surface area contributed by atoms with Gasteiger partial charge in [0, 0.05) is 32.1 Å². The SMILES string of the molecule is Cc1nc(N2CCOCC2)sc1C(=O)N1C[C@@H]2COC(=O)[C@@H]2C1.Cl. The molecule has 0 radical (unpaired) electrons. The summed E-state index contributed by atoms with van der Waals surface area (Å²) in [5, 5.41) is 0.882. The van der Waals surface area contributed by atoms with Crippen LogP contribution in [0.4, 0.5) is 5.13 Å². The molecule has 132 valence electrons. The van der Waals surface area contributed by atoms with Crippen molar-refractivity contribution >= 4 is 40.8 Å². The van der Waals surface area contributed by atoms with Crippen molar-refractivity contribution in [3.05, 3.63) is 10.6 Å². The molecule has 1 amide bonds. The van der Waals surface area contributed by atoms with Gasteiger partial charge in [-0.1, -0.05) is 11.3 Å². The minimum atomic E-state index is -0.166. The summed E-state index contributed by atoms with van der Waals surface area (Å²) in [7, 11) is 0. The van der Waals surface area contributed by atoms with Crippen molar-refractivity contribution in [1.29, 1.82) is 0 Å². The molecule has 0 aliphatic carbocycles. The Bertz CT molecular complexity index is 647. The number of morpholine rings is 1. The Morgan fingerprint density at radius 3 is 2.75 bits per heavy atom. The van der Waals surface area contributed by atoms with Crippen LogP contribution in [-0.2, 0) is 14.3 Å². The van der Waals surface area contributed by atoms with Crippen LogP contribution >= 0.6 is 23.7 Å². The number of rotatable bonds is 2. The van der Waals surface area contributed by atoms with Gasteiger partial charge in [0.05, 0.1) is 31.4 Å². The fraction of sp³-hybridized carbons (Fsp3) is 0.667. The van der Waals surface area contributed by atoms with E-state index in [0.29, 0.717) is 37.8 Å². The number of amides is 1. The molecular weight excluding hydrogens is 354 g/mol. The second-order valence-corrected chi connectivity index (χ2v) is 7.19. The molecule has 3 aliphatic rings. The molecule has 3 aliphatic heterocycles. The number of hydrogen-bond acceptors (Lipinski definition) is 7. The molecule has 4 rings (SSSR count). The van der Waals surface area contributed by atoms with Crippen LogP contribution in [0.3, 0.4) is 0 Å². The maximum Gasteiger partial charge on any atom is 0.311 e. The summed E-state index contributed by atoms with van der Waals surface area (Å²) in [4.78, 5) is 33.6. The summed E-state index contributed by atoms with van der Waals surface area (Å²) in [6, 6.07) is 0. The monoisotopic (exact) mass is 373 g/mol. The molecule has 4 heterocycles. The van der Waals surface area contributed by atoms with E-state index >= 15 is 0 Å². The smallest absolute Gasteiger partial charge is 0.311 e. The van der Waals surface area contributed by atoms with Crippen molar-refractivity contribution in [2.45, 2.75) is 6.92 Å². The number of aromatic nitrogens is 1. The largest absolute Gasteiger partial charge is 0.465 e. The van der Waals surface area contributed by atoms with E-state index in [4.69, 9.17) is 9.47 Å². The van der Waals surface area contributed by atoms with Crippen molar-refractivity contribution < 1.29 is 19.1 Å². The van der Waals surface area contributed by atoms with Gasteiger partial charge >= 0.3 is 5.97 Å². The molecule has 7 nitrogen and oxygen atoms in total. The molecule has 3 fully saturated rings. The average Bonchev–Trinajstić information content (AvgIpc) is 3.24. The average molecular weight is 374 g/mol. The number of cyclic esters (lactones) is 1. The second kappa shape index (κ2) is 6.85. The van der Waals surface area contributed by atoms with Crippen molar-refractivity contribution in [2.24, 2.45) is 11.8 Å². The number of thiazole rings is 1. The Labute approximate surface area is 150 Å². The van der Waals surface area contributed by atoms with Gasteiger partial charge in [0.15, 0.2) is 5.13 Å². The number of hydrogen-bond donors (Lipinski definition) is 0. The van der Waals surface area contributed by atoms with Crippen LogP contribution < -0.4 is 4.90 Å². The lowest BCUT2D eigenvalue weighted by molar-refractivity contribution is -0.141. The van der Waals surface area contributed by atoms with Crippen molar-refractivity contribution in [3.8, 4) is 0 Å². The van der Waals surface area contributed by atoms with E-state index in [9.17, 15) is 9.59 Å². The molecule has 0 aromatic carbocycles. The number of esters is 1. The van der Waals surface area contributed by atoms with Crippen LogP contribution in [0.25, 0.3) is 0 Å². The maximum absolute atomic E-state index is 12.8. The number of carbonyl (C=O) groups excluding carboxylic acids is 2. The van der Waals surface area contributed by atoms with Crippen molar-refractivity contribution in [2.75, 3.05) is 50.9 Å². The Balaban J connectivity index is 0.00000169. The second-order valence-electron chi connectivity index (χ2n) is 6.22. The highest BCUT2D eigenvalue weighted by Crippen LogP contribution is 2.33. The Morgan fingerprint density at radius 2 is 2.04 bits per heavy atom. The highest BCUT2D eigenvalue weighted by atomic mass is 35.5. The number of aryl methyl sites for hydroxylation is 1. The van der Waals surface area contributed by atoms with Gasteiger partial charge in [-0.2, -0.15) is 0 Å².